The zero-order valence-corrected chi connectivity index (χ0v) is 21.8. The Morgan fingerprint density at radius 2 is 1.49 bits per heavy atom. The number of aliphatic carboxylic acids is 1. The van der Waals surface area contributed by atoms with Crippen molar-refractivity contribution in [2.24, 2.45) is 0 Å². The summed E-state index contributed by atoms with van der Waals surface area (Å²) >= 11 is 25.1. The first-order valence-electron chi connectivity index (χ1n) is 11.2. The number of likely N-dealkylation sites (tertiary alicyclic amines) is 1. The third-order valence-corrected chi connectivity index (χ3v) is 8.47. The molecule has 2 aliphatic rings. The van der Waals surface area contributed by atoms with Crippen LogP contribution in [0, 0.1) is 0 Å². The summed E-state index contributed by atoms with van der Waals surface area (Å²) in [4.78, 5) is 40.0. The van der Waals surface area contributed by atoms with Crippen LogP contribution in [0.25, 0.3) is 0 Å². The molecule has 0 bridgehead atoms. The van der Waals surface area contributed by atoms with Crippen molar-refractivity contribution in [3.63, 3.8) is 0 Å². The Balaban J connectivity index is 1.74. The normalized spacial score (nSPS) is 22.1. The van der Waals surface area contributed by atoms with E-state index in [0.29, 0.717) is 5.56 Å². The predicted molar refractivity (Wildman–Crippen MR) is 141 cm³/mol. The Hall–Kier alpha value is -2.97. The minimum absolute atomic E-state index is 0.0412. The topological polar surface area (TPSA) is 107 Å². The van der Waals surface area contributed by atoms with Crippen molar-refractivity contribution in [1.82, 2.24) is 4.90 Å². The number of carboxylic acids is 2. The molecule has 7 nitrogen and oxygen atoms in total. The number of hydrogen-bond acceptors (Lipinski definition) is 4. The number of halogens is 4. The van der Waals surface area contributed by atoms with Gasteiger partial charge in [-0.15, -0.1) is 0 Å². The van der Waals surface area contributed by atoms with E-state index in [1.54, 1.807) is 18.2 Å². The number of carbonyl (C=O) groups is 3. The van der Waals surface area contributed by atoms with Crippen molar-refractivity contribution in [1.29, 1.82) is 0 Å². The number of piperidine rings is 1. The van der Waals surface area contributed by atoms with Crippen LogP contribution in [0.15, 0.2) is 54.6 Å². The van der Waals surface area contributed by atoms with Gasteiger partial charge in [0.05, 0.1) is 43.3 Å². The number of amides is 1. The molecule has 3 aromatic rings. The van der Waals surface area contributed by atoms with Crippen molar-refractivity contribution in [2.75, 3.05) is 5.32 Å². The molecule has 3 unspecified atom stereocenters. The molecule has 2 aliphatic heterocycles. The van der Waals surface area contributed by atoms with Gasteiger partial charge in [-0.05, 0) is 41.8 Å². The van der Waals surface area contributed by atoms with Crippen molar-refractivity contribution in [3.8, 4) is 0 Å². The number of nitrogens with zero attached hydrogens (tertiary/aromatic N) is 1. The lowest BCUT2D eigenvalue weighted by molar-refractivity contribution is -0.145. The first kappa shape index (κ1) is 25.7. The third kappa shape index (κ3) is 4.30. The lowest BCUT2D eigenvalue weighted by Gasteiger charge is -2.47. The van der Waals surface area contributed by atoms with Gasteiger partial charge in [0.15, 0.2) is 0 Å². The average Bonchev–Trinajstić information content (AvgIpc) is 3.24. The van der Waals surface area contributed by atoms with E-state index in [0.717, 1.165) is 23.4 Å². The van der Waals surface area contributed by atoms with Gasteiger partial charge >= 0.3 is 11.9 Å². The van der Waals surface area contributed by atoms with Crippen molar-refractivity contribution in [3.05, 3.63) is 96.9 Å². The van der Waals surface area contributed by atoms with Crippen LogP contribution in [0.5, 0.6) is 0 Å². The Labute approximate surface area is 231 Å². The molecule has 2 heterocycles. The summed E-state index contributed by atoms with van der Waals surface area (Å²) in [5, 5.41) is 23.8. The number of rotatable bonds is 4. The highest BCUT2D eigenvalue weighted by atomic mass is 35.5. The zero-order valence-electron chi connectivity index (χ0n) is 18.8. The fraction of sp³-hybridized carbons (Fsp3) is 0.192. The highest BCUT2D eigenvalue weighted by Gasteiger charge is 2.52. The molecule has 4 atom stereocenters. The standard InChI is InChI=1S/C26H18Cl4N2O5/c27-16-6-3-5-12(21(16)30)23-22-13(11-4-1-2-7-19(11)31-22)10-20(26(36)37)32(23)24(33)14-8-17(28)18(29)9-15(14)25(34)35/h1-9,13,20,22-23,31H,10H2,(H,34,35)(H,36,37)/t13?,20-,22?,23?/m1/s1. The van der Waals surface area contributed by atoms with Crippen molar-refractivity contribution < 1.29 is 24.6 Å². The summed E-state index contributed by atoms with van der Waals surface area (Å²) in [5.41, 5.74) is 1.49. The van der Waals surface area contributed by atoms with E-state index in [1.165, 1.54) is 4.90 Å². The van der Waals surface area contributed by atoms with Crippen LogP contribution in [0.3, 0.4) is 0 Å². The van der Waals surface area contributed by atoms with E-state index in [2.05, 4.69) is 5.32 Å². The fourth-order valence-electron chi connectivity index (χ4n) is 5.34. The molecule has 190 valence electrons. The first-order chi connectivity index (χ1) is 17.6. The van der Waals surface area contributed by atoms with E-state index < -0.39 is 41.5 Å². The van der Waals surface area contributed by atoms with Crippen LogP contribution in [-0.4, -0.2) is 45.0 Å². The summed E-state index contributed by atoms with van der Waals surface area (Å²) in [6.45, 7) is 0. The minimum atomic E-state index is -1.41. The molecule has 0 radical (unpaired) electrons. The summed E-state index contributed by atoms with van der Waals surface area (Å²) in [5.74, 6) is -3.75. The number of carbonyl (C=O) groups excluding carboxylic acids is 1. The molecular formula is C26H18Cl4N2O5. The lowest BCUT2D eigenvalue weighted by Crippen LogP contribution is -2.57. The van der Waals surface area contributed by atoms with Crippen LogP contribution >= 0.6 is 46.4 Å². The van der Waals surface area contributed by atoms with Gasteiger partial charge in [-0.25, -0.2) is 9.59 Å². The number of aromatic carboxylic acids is 1. The van der Waals surface area contributed by atoms with Crippen LogP contribution in [0.1, 0.15) is 50.2 Å². The minimum Gasteiger partial charge on any atom is -0.480 e. The second-order valence-corrected chi connectivity index (χ2v) is 10.5. The number of carboxylic acid groups (broad SMARTS) is 2. The SMILES string of the molecule is O=C(O)c1cc(Cl)c(Cl)cc1C(=O)N1C(c2cccc(Cl)c2Cl)C2Nc3ccccc3C2C[C@@H]1C(=O)O. The Morgan fingerprint density at radius 3 is 2.16 bits per heavy atom. The van der Waals surface area contributed by atoms with Crippen LogP contribution < -0.4 is 5.32 Å². The van der Waals surface area contributed by atoms with Gasteiger partial charge < -0.3 is 20.4 Å². The predicted octanol–water partition coefficient (Wildman–Crippen LogP) is 6.62. The summed E-state index contributed by atoms with van der Waals surface area (Å²) in [6, 6.07) is 12.0. The lowest BCUT2D eigenvalue weighted by atomic mass is 9.77. The number of para-hydroxylation sites is 1. The highest BCUT2D eigenvalue weighted by molar-refractivity contribution is 6.43. The Morgan fingerprint density at radius 1 is 0.838 bits per heavy atom. The quantitative estimate of drug-likeness (QED) is 0.321. The number of hydrogen-bond donors (Lipinski definition) is 3. The second kappa shape index (κ2) is 9.72. The number of nitrogens with one attached hydrogen (secondary N) is 1. The van der Waals surface area contributed by atoms with E-state index in [-0.39, 0.29) is 38.0 Å². The number of benzene rings is 3. The van der Waals surface area contributed by atoms with Crippen molar-refractivity contribution >= 4 is 69.9 Å². The molecule has 1 amide bonds. The first-order valence-corrected chi connectivity index (χ1v) is 12.7. The molecule has 0 aliphatic carbocycles. The second-order valence-electron chi connectivity index (χ2n) is 8.87. The van der Waals surface area contributed by atoms with Gasteiger partial charge in [0.25, 0.3) is 5.91 Å². The monoisotopic (exact) mass is 578 g/mol. The average molecular weight is 580 g/mol. The Kier molecular flexibility index (Phi) is 6.75. The molecule has 1 saturated heterocycles. The maximum atomic E-state index is 14.1. The molecule has 3 N–H and O–H groups in total. The molecule has 11 heteroatoms. The van der Waals surface area contributed by atoms with Crippen LogP contribution in [0.2, 0.25) is 20.1 Å². The summed E-state index contributed by atoms with van der Waals surface area (Å²) < 4.78 is 0. The molecule has 0 spiro atoms. The summed E-state index contributed by atoms with van der Waals surface area (Å²) in [7, 11) is 0. The van der Waals surface area contributed by atoms with E-state index in [1.807, 2.05) is 24.3 Å². The van der Waals surface area contributed by atoms with Gasteiger partial charge in [-0.2, -0.15) is 0 Å². The molecule has 37 heavy (non-hydrogen) atoms. The highest BCUT2D eigenvalue weighted by Crippen LogP contribution is 2.52. The molecule has 0 aromatic heterocycles. The van der Waals surface area contributed by atoms with Gasteiger partial charge in [-0.1, -0.05) is 76.7 Å². The number of fused-ring (bicyclic) bond motifs is 3. The van der Waals surface area contributed by atoms with Crippen LogP contribution in [0.4, 0.5) is 5.69 Å². The molecule has 0 saturated carbocycles. The van der Waals surface area contributed by atoms with Gasteiger partial charge in [0.1, 0.15) is 6.04 Å². The molecule has 5 rings (SSSR count). The van der Waals surface area contributed by atoms with E-state index >= 15 is 0 Å². The maximum absolute atomic E-state index is 14.1. The van der Waals surface area contributed by atoms with E-state index in [4.69, 9.17) is 46.4 Å². The molecular weight excluding hydrogens is 562 g/mol. The smallest absolute Gasteiger partial charge is 0.336 e. The van der Waals surface area contributed by atoms with E-state index in [9.17, 15) is 24.6 Å². The maximum Gasteiger partial charge on any atom is 0.336 e. The third-order valence-electron chi connectivity index (χ3n) is 6.91. The molecule has 1 fully saturated rings. The summed E-state index contributed by atoms with van der Waals surface area (Å²) in [6.07, 6.45) is 0.0914. The van der Waals surface area contributed by atoms with Crippen molar-refractivity contribution in [2.45, 2.75) is 30.5 Å². The van der Waals surface area contributed by atoms with Gasteiger partial charge in [0, 0.05) is 11.6 Å². The van der Waals surface area contributed by atoms with Gasteiger partial charge in [-0.3, -0.25) is 4.79 Å². The van der Waals surface area contributed by atoms with Gasteiger partial charge in [0.2, 0.25) is 0 Å². The number of anilines is 1. The fourth-order valence-corrected chi connectivity index (χ4v) is 6.09. The zero-order chi connectivity index (χ0) is 26.6. The van der Waals surface area contributed by atoms with Crippen LogP contribution in [-0.2, 0) is 4.79 Å². The Bertz CT molecular complexity index is 1460. The largest absolute Gasteiger partial charge is 0.480 e. The molecule has 3 aromatic carbocycles.